The van der Waals surface area contributed by atoms with Crippen molar-refractivity contribution in [1.82, 2.24) is 5.32 Å². The van der Waals surface area contributed by atoms with Crippen LogP contribution in [0.5, 0.6) is 0 Å². The molecule has 90 valence electrons. The van der Waals surface area contributed by atoms with Crippen LogP contribution in [0, 0.1) is 11.3 Å². The van der Waals surface area contributed by atoms with Gasteiger partial charge in [0, 0.05) is 6.04 Å². The van der Waals surface area contributed by atoms with E-state index in [1.54, 1.807) is 6.26 Å². The molecule has 0 radical (unpaired) electrons. The molecule has 0 saturated heterocycles. The lowest BCUT2D eigenvalue weighted by molar-refractivity contribution is 0.149. The molecule has 0 aromatic carbocycles. The molecule has 2 heteroatoms. The minimum absolute atomic E-state index is 0.485. The normalized spacial score (nSPS) is 29.2. The van der Waals surface area contributed by atoms with Gasteiger partial charge in [0.25, 0.3) is 0 Å². The molecule has 2 rings (SSSR count). The van der Waals surface area contributed by atoms with Gasteiger partial charge in [-0.1, -0.05) is 20.8 Å². The highest BCUT2D eigenvalue weighted by atomic mass is 16.3. The smallest absolute Gasteiger partial charge is 0.117 e. The zero-order chi connectivity index (χ0) is 11.6. The summed E-state index contributed by atoms with van der Waals surface area (Å²) < 4.78 is 5.34. The second kappa shape index (κ2) is 4.62. The first-order valence-corrected chi connectivity index (χ1v) is 6.31. The third-order valence-electron chi connectivity index (χ3n) is 3.53. The Balaban J connectivity index is 1.85. The Morgan fingerprint density at radius 3 is 2.88 bits per heavy atom. The molecule has 1 aromatic heterocycles. The first kappa shape index (κ1) is 11.7. The molecule has 1 aromatic rings. The van der Waals surface area contributed by atoms with E-state index in [0.717, 1.165) is 18.2 Å². The van der Waals surface area contributed by atoms with Crippen molar-refractivity contribution in [2.45, 2.75) is 52.6 Å². The van der Waals surface area contributed by atoms with Gasteiger partial charge in [-0.25, -0.2) is 0 Å². The predicted octanol–water partition coefficient (Wildman–Crippen LogP) is 3.58. The Kier molecular flexibility index (Phi) is 3.38. The monoisotopic (exact) mass is 221 g/mol. The Labute approximate surface area is 98.4 Å². The quantitative estimate of drug-likeness (QED) is 0.844. The highest BCUT2D eigenvalue weighted by Gasteiger charge is 2.31. The summed E-state index contributed by atoms with van der Waals surface area (Å²) in [6.45, 7) is 7.98. The number of hydrogen-bond acceptors (Lipinski definition) is 2. The molecule has 0 amide bonds. The second-order valence-corrected chi connectivity index (χ2v) is 6.07. The van der Waals surface area contributed by atoms with Crippen molar-refractivity contribution in [3.05, 3.63) is 24.2 Å². The largest absolute Gasteiger partial charge is 0.468 e. The van der Waals surface area contributed by atoms with Gasteiger partial charge in [0.15, 0.2) is 0 Å². The number of furan rings is 1. The van der Waals surface area contributed by atoms with Gasteiger partial charge >= 0.3 is 0 Å². The molecular formula is C14H23NO. The van der Waals surface area contributed by atoms with Crippen LogP contribution in [0.4, 0.5) is 0 Å². The van der Waals surface area contributed by atoms with Crippen LogP contribution in [-0.2, 0) is 6.54 Å². The van der Waals surface area contributed by atoms with E-state index in [1.807, 2.05) is 12.1 Å². The summed E-state index contributed by atoms with van der Waals surface area (Å²) in [4.78, 5) is 0. The van der Waals surface area contributed by atoms with Crippen LogP contribution >= 0.6 is 0 Å². The Morgan fingerprint density at radius 2 is 2.25 bits per heavy atom. The summed E-state index contributed by atoms with van der Waals surface area (Å²) in [6, 6.07) is 4.62. The molecule has 1 saturated carbocycles. The van der Waals surface area contributed by atoms with Crippen LogP contribution in [0.1, 0.15) is 45.8 Å². The fourth-order valence-corrected chi connectivity index (χ4v) is 3.16. The molecule has 1 aliphatic carbocycles. The molecular weight excluding hydrogens is 198 g/mol. The average molecular weight is 221 g/mol. The van der Waals surface area contributed by atoms with Crippen molar-refractivity contribution >= 4 is 0 Å². The molecule has 0 spiro atoms. The first-order valence-electron chi connectivity index (χ1n) is 6.31. The topological polar surface area (TPSA) is 25.2 Å². The molecule has 1 N–H and O–H groups in total. The van der Waals surface area contributed by atoms with Crippen LogP contribution in [0.3, 0.4) is 0 Å². The van der Waals surface area contributed by atoms with Gasteiger partial charge in [0.05, 0.1) is 12.8 Å². The van der Waals surface area contributed by atoms with Crippen molar-refractivity contribution < 1.29 is 4.42 Å². The van der Waals surface area contributed by atoms with Gasteiger partial charge in [-0.15, -0.1) is 0 Å². The van der Waals surface area contributed by atoms with Crippen molar-refractivity contribution in [3.8, 4) is 0 Å². The zero-order valence-electron chi connectivity index (χ0n) is 10.6. The minimum Gasteiger partial charge on any atom is -0.468 e. The highest BCUT2D eigenvalue weighted by Crippen LogP contribution is 2.38. The molecule has 1 heterocycles. The predicted molar refractivity (Wildman–Crippen MR) is 66.1 cm³/mol. The van der Waals surface area contributed by atoms with Crippen LogP contribution in [0.25, 0.3) is 0 Å². The Morgan fingerprint density at radius 1 is 1.44 bits per heavy atom. The molecule has 1 fully saturated rings. The minimum atomic E-state index is 0.485. The fraction of sp³-hybridized carbons (Fsp3) is 0.714. The SMILES string of the molecule is CC1CC(NCc2ccco2)CC(C)(C)C1. The fourth-order valence-electron chi connectivity index (χ4n) is 3.16. The van der Waals surface area contributed by atoms with E-state index in [0.29, 0.717) is 11.5 Å². The lowest BCUT2D eigenvalue weighted by Gasteiger charge is -2.39. The summed E-state index contributed by atoms with van der Waals surface area (Å²) in [5.41, 5.74) is 0.485. The van der Waals surface area contributed by atoms with Crippen molar-refractivity contribution in [1.29, 1.82) is 0 Å². The standard InChI is InChI=1S/C14H23NO/c1-11-7-12(9-14(2,3)8-11)15-10-13-5-4-6-16-13/h4-6,11-12,15H,7-10H2,1-3H3. The maximum atomic E-state index is 5.34. The van der Waals surface area contributed by atoms with Gasteiger partial charge in [0.1, 0.15) is 5.76 Å². The van der Waals surface area contributed by atoms with E-state index in [9.17, 15) is 0 Å². The van der Waals surface area contributed by atoms with Crippen LogP contribution in [-0.4, -0.2) is 6.04 Å². The van der Waals surface area contributed by atoms with Crippen molar-refractivity contribution in [2.24, 2.45) is 11.3 Å². The van der Waals surface area contributed by atoms with Gasteiger partial charge in [-0.3, -0.25) is 0 Å². The van der Waals surface area contributed by atoms with Gasteiger partial charge < -0.3 is 9.73 Å². The third-order valence-corrected chi connectivity index (χ3v) is 3.53. The Hall–Kier alpha value is -0.760. The number of rotatable bonds is 3. The van der Waals surface area contributed by atoms with Crippen LogP contribution in [0.2, 0.25) is 0 Å². The molecule has 0 bridgehead atoms. The molecule has 2 atom stereocenters. The Bertz CT molecular complexity index is 315. The molecule has 0 aliphatic heterocycles. The first-order chi connectivity index (χ1) is 7.55. The highest BCUT2D eigenvalue weighted by molar-refractivity contribution is 4.98. The molecule has 16 heavy (non-hydrogen) atoms. The summed E-state index contributed by atoms with van der Waals surface area (Å²) in [5.74, 6) is 1.87. The lowest BCUT2D eigenvalue weighted by atomic mass is 9.70. The third kappa shape index (κ3) is 3.11. The number of nitrogens with one attached hydrogen (secondary N) is 1. The van der Waals surface area contributed by atoms with Crippen molar-refractivity contribution in [2.75, 3.05) is 0 Å². The number of hydrogen-bond donors (Lipinski definition) is 1. The van der Waals surface area contributed by atoms with E-state index in [-0.39, 0.29) is 0 Å². The maximum Gasteiger partial charge on any atom is 0.117 e. The average Bonchev–Trinajstić information content (AvgIpc) is 2.63. The van der Waals surface area contributed by atoms with E-state index in [1.165, 1.54) is 19.3 Å². The maximum absolute atomic E-state index is 5.34. The summed E-state index contributed by atoms with van der Waals surface area (Å²) in [5, 5.41) is 3.62. The van der Waals surface area contributed by atoms with E-state index in [4.69, 9.17) is 4.42 Å². The van der Waals surface area contributed by atoms with Crippen molar-refractivity contribution in [3.63, 3.8) is 0 Å². The molecule has 2 unspecified atom stereocenters. The van der Waals surface area contributed by atoms with E-state index in [2.05, 4.69) is 26.1 Å². The zero-order valence-corrected chi connectivity index (χ0v) is 10.6. The van der Waals surface area contributed by atoms with Crippen LogP contribution in [0.15, 0.2) is 22.8 Å². The summed E-state index contributed by atoms with van der Waals surface area (Å²) in [7, 11) is 0. The lowest BCUT2D eigenvalue weighted by Crippen LogP contribution is -2.39. The van der Waals surface area contributed by atoms with Gasteiger partial charge in [-0.2, -0.15) is 0 Å². The summed E-state index contributed by atoms with van der Waals surface area (Å²) >= 11 is 0. The van der Waals surface area contributed by atoms with E-state index >= 15 is 0 Å². The van der Waals surface area contributed by atoms with Gasteiger partial charge in [-0.05, 0) is 42.7 Å². The second-order valence-electron chi connectivity index (χ2n) is 6.07. The molecule has 1 aliphatic rings. The van der Waals surface area contributed by atoms with Crippen LogP contribution < -0.4 is 5.32 Å². The molecule has 2 nitrogen and oxygen atoms in total. The van der Waals surface area contributed by atoms with Gasteiger partial charge in [0.2, 0.25) is 0 Å². The van der Waals surface area contributed by atoms with E-state index < -0.39 is 0 Å². The summed E-state index contributed by atoms with van der Waals surface area (Å²) in [6.07, 6.45) is 5.67.